The van der Waals surface area contributed by atoms with Crippen LogP contribution < -0.4 is 10.1 Å². The van der Waals surface area contributed by atoms with E-state index < -0.39 is 18.1 Å². The zero-order valence-corrected chi connectivity index (χ0v) is 12.2. The van der Waals surface area contributed by atoms with Crippen molar-refractivity contribution < 1.29 is 18.3 Å². The molecule has 0 fully saturated rings. The highest BCUT2D eigenvalue weighted by atomic mass is 35.5. The van der Waals surface area contributed by atoms with E-state index >= 15 is 0 Å². The molecule has 1 aromatic rings. The largest absolute Gasteiger partial charge is 0.434 e. The van der Waals surface area contributed by atoms with E-state index in [-0.39, 0.29) is 17.2 Å². The Morgan fingerprint density at radius 2 is 1.95 bits per heavy atom. The maximum absolute atomic E-state index is 12.3. The van der Waals surface area contributed by atoms with E-state index in [1.807, 2.05) is 13.8 Å². The first-order valence-electron chi connectivity index (χ1n) is 6.40. The van der Waals surface area contributed by atoms with Crippen LogP contribution in [-0.4, -0.2) is 23.9 Å². The second-order valence-electron chi connectivity index (χ2n) is 4.45. The van der Waals surface area contributed by atoms with Gasteiger partial charge in [-0.15, -0.1) is 11.6 Å². The molecular formula is C14H18ClF2NO2. The smallest absolute Gasteiger partial charge is 0.387 e. The Bertz CT molecular complexity index is 442. The molecule has 0 aliphatic rings. The first kappa shape index (κ1) is 16.7. The summed E-state index contributed by atoms with van der Waals surface area (Å²) in [4.78, 5) is 12.2. The average molecular weight is 306 g/mol. The molecule has 6 heteroatoms. The first-order valence-corrected chi connectivity index (χ1v) is 6.93. The summed E-state index contributed by atoms with van der Waals surface area (Å²) >= 11 is 5.91. The number of nitrogens with one attached hydrogen (secondary N) is 1. The van der Waals surface area contributed by atoms with Gasteiger partial charge in [-0.2, -0.15) is 8.78 Å². The number of benzene rings is 1. The van der Waals surface area contributed by atoms with E-state index in [2.05, 4.69) is 10.1 Å². The second-order valence-corrected chi connectivity index (χ2v) is 4.72. The lowest BCUT2D eigenvalue weighted by molar-refractivity contribution is -0.0501. The van der Waals surface area contributed by atoms with Crippen molar-refractivity contribution in [3.8, 4) is 5.75 Å². The molecule has 0 aromatic heterocycles. The van der Waals surface area contributed by atoms with Gasteiger partial charge in [-0.3, -0.25) is 4.79 Å². The molecule has 0 atom stereocenters. The molecule has 0 saturated heterocycles. The summed E-state index contributed by atoms with van der Waals surface area (Å²) in [6, 6.07) is 5.90. The summed E-state index contributed by atoms with van der Waals surface area (Å²) in [5.74, 6) is -0.356. The van der Waals surface area contributed by atoms with Crippen molar-refractivity contribution in [1.82, 2.24) is 5.32 Å². The van der Waals surface area contributed by atoms with Crippen LogP contribution in [-0.2, 0) is 0 Å². The van der Waals surface area contributed by atoms with Gasteiger partial charge in [0.05, 0.1) is 11.1 Å². The quantitative estimate of drug-likeness (QED) is 0.778. The fourth-order valence-electron chi connectivity index (χ4n) is 1.81. The van der Waals surface area contributed by atoms with Crippen molar-refractivity contribution in [2.24, 2.45) is 0 Å². The molecule has 0 radical (unpaired) electrons. The summed E-state index contributed by atoms with van der Waals surface area (Å²) in [6.07, 6.45) is 1.30. The molecule has 0 aliphatic carbocycles. The van der Waals surface area contributed by atoms with E-state index in [9.17, 15) is 13.6 Å². The summed E-state index contributed by atoms with van der Waals surface area (Å²) in [7, 11) is 0. The molecule has 3 nitrogen and oxygen atoms in total. The second kappa shape index (κ2) is 7.43. The Hall–Kier alpha value is -1.36. The van der Waals surface area contributed by atoms with Gasteiger partial charge in [-0.1, -0.05) is 26.0 Å². The van der Waals surface area contributed by atoms with Crippen molar-refractivity contribution in [2.45, 2.75) is 38.8 Å². The number of amides is 1. The minimum atomic E-state index is -2.97. The highest BCUT2D eigenvalue weighted by molar-refractivity contribution is 6.19. The predicted molar refractivity (Wildman–Crippen MR) is 74.6 cm³/mol. The Balaban J connectivity index is 2.97. The Kier molecular flexibility index (Phi) is 6.20. The number of ether oxygens (including phenoxy) is 1. The van der Waals surface area contributed by atoms with E-state index in [0.29, 0.717) is 12.8 Å². The van der Waals surface area contributed by atoms with Gasteiger partial charge in [0.2, 0.25) is 0 Å². The van der Waals surface area contributed by atoms with Crippen molar-refractivity contribution in [3.63, 3.8) is 0 Å². The normalized spacial score (nSPS) is 11.5. The van der Waals surface area contributed by atoms with Crippen LogP contribution in [0.15, 0.2) is 24.3 Å². The number of carbonyl (C=O) groups excluding carboxylic acids is 1. The van der Waals surface area contributed by atoms with Gasteiger partial charge in [0.25, 0.3) is 5.91 Å². The summed E-state index contributed by atoms with van der Waals surface area (Å²) < 4.78 is 29.0. The van der Waals surface area contributed by atoms with Crippen LogP contribution >= 0.6 is 11.6 Å². The molecule has 0 heterocycles. The zero-order valence-electron chi connectivity index (χ0n) is 11.5. The molecule has 0 unspecified atom stereocenters. The van der Waals surface area contributed by atoms with E-state index in [1.54, 1.807) is 6.07 Å². The SMILES string of the molecule is CCC(CC)(CCl)NC(=O)c1ccccc1OC(F)F. The number of hydrogen-bond acceptors (Lipinski definition) is 2. The van der Waals surface area contributed by atoms with Crippen molar-refractivity contribution in [3.05, 3.63) is 29.8 Å². The molecule has 20 heavy (non-hydrogen) atoms. The van der Waals surface area contributed by atoms with E-state index in [1.165, 1.54) is 18.2 Å². The molecule has 0 aliphatic heterocycles. The molecule has 1 N–H and O–H groups in total. The summed E-state index contributed by atoms with van der Waals surface area (Å²) in [5.41, 5.74) is -0.472. The summed E-state index contributed by atoms with van der Waals surface area (Å²) in [6.45, 7) is 0.848. The number of halogens is 3. The molecule has 1 aromatic carbocycles. The summed E-state index contributed by atoms with van der Waals surface area (Å²) in [5, 5.41) is 2.81. The number of carbonyl (C=O) groups is 1. The fraction of sp³-hybridized carbons (Fsp3) is 0.500. The highest BCUT2D eigenvalue weighted by Gasteiger charge is 2.28. The van der Waals surface area contributed by atoms with Gasteiger partial charge in [-0.25, -0.2) is 0 Å². The van der Waals surface area contributed by atoms with Crippen molar-refractivity contribution >= 4 is 17.5 Å². The number of hydrogen-bond donors (Lipinski definition) is 1. The fourth-order valence-corrected chi connectivity index (χ4v) is 2.26. The third-order valence-corrected chi connectivity index (χ3v) is 3.85. The van der Waals surface area contributed by atoms with Crippen LogP contribution in [0.25, 0.3) is 0 Å². The van der Waals surface area contributed by atoms with Crippen LogP contribution in [0, 0.1) is 0 Å². The van der Waals surface area contributed by atoms with Gasteiger partial charge in [0.15, 0.2) is 0 Å². The van der Waals surface area contributed by atoms with Gasteiger partial charge in [-0.05, 0) is 25.0 Å². The van der Waals surface area contributed by atoms with Crippen molar-refractivity contribution in [1.29, 1.82) is 0 Å². The van der Waals surface area contributed by atoms with Gasteiger partial charge in [0, 0.05) is 5.88 Å². The van der Waals surface area contributed by atoms with Crippen LogP contribution in [0.1, 0.15) is 37.0 Å². The third-order valence-electron chi connectivity index (χ3n) is 3.34. The molecule has 0 spiro atoms. The van der Waals surface area contributed by atoms with Gasteiger partial charge >= 0.3 is 6.61 Å². The van der Waals surface area contributed by atoms with Gasteiger partial charge < -0.3 is 10.1 Å². The first-order chi connectivity index (χ1) is 9.48. The molecule has 1 amide bonds. The molecule has 112 valence electrons. The van der Waals surface area contributed by atoms with Gasteiger partial charge in [0.1, 0.15) is 5.75 Å². The topological polar surface area (TPSA) is 38.3 Å². The monoisotopic (exact) mass is 305 g/mol. The minimum Gasteiger partial charge on any atom is -0.434 e. The Morgan fingerprint density at radius 1 is 1.35 bits per heavy atom. The standard InChI is InChI=1S/C14H18ClF2NO2/c1-3-14(4-2,9-15)18-12(19)10-7-5-6-8-11(10)20-13(16)17/h5-8,13H,3-4,9H2,1-2H3,(H,18,19). The third kappa shape index (κ3) is 4.07. The Labute approximate surface area is 122 Å². The maximum atomic E-state index is 12.3. The molecular weight excluding hydrogens is 288 g/mol. The van der Waals surface area contributed by atoms with Crippen molar-refractivity contribution in [2.75, 3.05) is 5.88 Å². The lowest BCUT2D eigenvalue weighted by atomic mass is 9.94. The van der Waals surface area contributed by atoms with E-state index in [0.717, 1.165) is 0 Å². The Morgan fingerprint density at radius 3 is 2.45 bits per heavy atom. The van der Waals surface area contributed by atoms with Crippen LogP contribution in [0.3, 0.4) is 0 Å². The highest BCUT2D eigenvalue weighted by Crippen LogP contribution is 2.23. The number of rotatable bonds is 7. The van der Waals surface area contributed by atoms with E-state index in [4.69, 9.17) is 11.6 Å². The maximum Gasteiger partial charge on any atom is 0.387 e. The lowest BCUT2D eigenvalue weighted by Gasteiger charge is -2.30. The average Bonchev–Trinajstić information content (AvgIpc) is 2.44. The molecule has 0 saturated carbocycles. The lowest BCUT2D eigenvalue weighted by Crippen LogP contribution is -2.49. The minimum absolute atomic E-state index is 0.0733. The molecule has 1 rings (SSSR count). The van der Waals surface area contributed by atoms with Crippen LogP contribution in [0.5, 0.6) is 5.75 Å². The molecule has 0 bridgehead atoms. The van der Waals surface area contributed by atoms with Crippen LogP contribution in [0.2, 0.25) is 0 Å². The number of para-hydroxylation sites is 1. The van der Waals surface area contributed by atoms with Crippen LogP contribution in [0.4, 0.5) is 8.78 Å². The zero-order chi connectivity index (χ0) is 15.2. The number of alkyl halides is 3. The predicted octanol–water partition coefficient (Wildman–Crippen LogP) is 3.82.